The van der Waals surface area contributed by atoms with Crippen molar-refractivity contribution in [2.45, 2.75) is 13.8 Å². The highest BCUT2D eigenvalue weighted by Gasteiger charge is 2.24. The van der Waals surface area contributed by atoms with Crippen LogP contribution in [-0.2, 0) is 9.53 Å². The van der Waals surface area contributed by atoms with E-state index in [0.717, 1.165) is 0 Å². The Labute approximate surface area is 157 Å². The van der Waals surface area contributed by atoms with Crippen molar-refractivity contribution in [2.75, 3.05) is 13.7 Å². The predicted octanol–water partition coefficient (Wildman–Crippen LogP) is 4.21. The van der Waals surface area contributed by atoms with Crippen LogP contribution in [0.2, 0.25) is 0 Å². The van der Waals surface area contributed by atoms with Crippen molar-refractivity contribution in [3.63, 3.8) is 0 Å². The molecule has 0 N–H and O–H groups in total. The SMILES string of the molecule is COc1cc(/C=C2\N=C(c3cccc(F)c3)OC2=O)ccc1OCC(C)C. The molecule has 27 heavy (non-hydrogen) atoms. The molecule has 1 aliphatic rings. The summed E-state index contributed by atoms with van der Waals surface area (Å²) in [6, 6.07) is 11.1. The molecular weight excluding hydrogens is 349 g/mol. The van der Waals surface area contributed by atoms with Gasteiger partial charge in [-0.1, -0.05) is 26.0 Å². The average Bonchev–Trinajstić information content (AvgIpc) is 3.01. The van der Waals surface area contributed by atoms with Gasteiger partial charge in [0.15, 0.2) is 17.2 Å². The summed E-state index contributed by atoms with van der Waals surface area (Å²) in [7, 11) is 1.55. The second kappa shape index (κ2) is 8.03. The lowest BCUT2D eigenvalue weighted by Crippen LogP contribution is -2.06. The Kier molecular flexibility index (Phi) is 5.54. The maximum Gasteiger partial charge on any atom is 0.363 e. The number of halogens is 1. The molecule has 0 saturated heterocycles. The van der Waals surface area contributed by atoms with Gasteiger partial charge in [-0.05, 0) is 47.9 Å². The molecule has 0 saturated carbocycles. The Balaban J connectivity index is 1.86. The molecule has 0 amide bonds. The van der Waals surface area contributed by atoms with Gasteiger partial charge in [-0.2, -0.15) is 0 Å². The van der Waals surface area contributed by atoms with E-state index in [0.29, 0.717) is 35.2 Å². The number of cyclic esters (lactones) is 1. The second-order valence-corrected chi connectivity index (χ2v) is 6.46. The lowest BCUT2D eigenvalue weighted by molar-refractivity contribution is -0.129. The maximum atomic E-state index is 13.4. The largest absolute Gasteiger partial charge is 0.493 e. The third-order valence-corrected chi connectivity index (χ3v) is 3.76. The Morgan fingerprint density at radius 3 is 2.70 bits per heavy atom. The molecule has 1 heterocycles. The molecule has 1 aliphatic heterocycles. The maximum absolute atomic E-state index is 13.4. The number of carbonyl (C=O) groups excluding carboxylic acids is 1. The summed E-state index contributed by atoms with van der Waals surface area (Å²) in [6.07, 6.45) is 1.59. The molecule has 0 unspecified atom stereocenters. The molecule has 140 valence electrons. The molecule has 0 aromatic heterocycles. The molecule has 3 rings (SSSR count). The van der Waals surface area contributed by atoms with E-state index in [4.69, 9.17) is 14.2 Å². The van der Waals surface area contributed by atoms with Crippen LogP contribution in [0.25, 0.3) is 6.08 Å². The zero-order valence-corrected chi connectivity index (χ0v) is 15.4. The van der Waals surface area contributed by atoms with Crippen molar-refractivity contribution in [3.8, 4) is 11.5 Å². The Bertz CT molecular complexity index is 918. The van der Waals surface area contributed by atoms with Crippen molar-refractivity contribution in [2.24, 2.45) is 10.9 Å². The fraction of sp³-hybridized carbons (Fsp3) is 0.238. The van der Waals surface area contributed by atoms with E-state index in [2.05, 4.69) is 18.8 Å². The van der Waals surface area contributed by atoms with Crippen LogP contribution in [0.4, 0.5) is 4.39 Å². The second-order valence-electron chi connectivity index (χ2n) is 6.46. The average molecular weight is 369 g/mol. The number of esters is 1. The molecule has 0 atom stereocenters. The van der Waals surface area contributed by atoms with Crippen LogP contribution >= 0.6 is 0 Å². The highest BCUT2D eigenvalue weighted by Crippen LogP contribution is 2.30. The van der Waals surface area contributed by atoms with Crippen molar-refractivity contribution < 1.29 is 23.4 Å². The number of hydrogen-bond acceptors (Lipinski definition) is 5. The number of ether oxygens (including phenoxy) is 3. The molecule has 2 aromatic rings. The predicted molar refractivity (Wildman–Crippen MR) is 100 cm³/mol. The number of nitrogens with zero attached hydrogens (tertiary/aromatic N) is 1. The van der Waals surface area contributed by atoms with Crippen molar-refractivity contribution >= 4 is 17.9 Å². The van der Waals surface area contributed by atoms with Crippen LogP contribution < -0.4 is 9.47 Å². The minimum atomic E-state index is -0.589. The van der Waals surface area contributed by atoms with E-state index in [-0.39, 0.29) is 11.6 Å². The van der Waals surface area contributed by atoms with Crippen LogP contribution in [0.3, 0.4) is 0 Å². The Morgan fingerprint density at radius 1 is 1.19 bits per heavy atom. The summed E-state index contributed by atoms with van der Waals surface area (Å²) in [5.74, 6) is 0.644. The van der Waals surface area contributed by atoms with Gasteiger partial charge >= 0.3 is 5.97 Å². The first-order valence-electron chi connectivity index (χ1n) is 8.55. The van der Waals surface area contributed by atoms with Gasteiger partial charge in [-0.15, -0.1) is 0 Å². The van der Waals surface area contributed by atoms with Crippen LogP contribution in [0.1, 0.15) is 25.0 Å². The zero-order chi connectivity index (χ0) is 19.4. The Morgan fingerprint density at radius 2 is 2.00 bits per heavy atom. The van der Waals surface area contributed by atoms with Gasteiger partial charge in [-0.25, -0.2) is 14.2 Å². The van der Waals surface area contributed by atoms with E-state index in [1.807, 2.05) is 0 Å². The fourth-order valence-electron chi connectivity index (χ4n) is 2.46. The van der Waals surface area contributed by atoms with Crippen molar-refractivity contribution in [3.05, 3.63) is 65.1 Å². The van der Waals surface area contributed by atoms with Crippen molar-refractivity contribution in [1.82, 2.24) is 0 Å². The number of methoxy groups -OCH3 is 1. The summed E-state index contributed by atoms with van der Waals surface area (Å²) in [4.78, 5) is 16.3. The van der Waals surface area contributed by atoms with Gasteiger partial charge in [0.2, 0.25) is 5.90 Å². The molecule has 0 bridgehead atoms. The lowest BCUT2D eigenvalue weighted by Gasteiger charge is -2.12. The topological polar surface area (TPSA) is 57.1 Å². The number of rotatable bonds is 6. The number of aliphatic imine (C=N–C) groups is 1. The smallest absolute Gasteiger partial charge is 0.363 e. The third kappa shape index (κ3) is 4.53. The van der Waals surface area contributed by atoms with E-state index in [1.54, 1.807) is 37.5 Å². The van der Waals surface area contributed by atoms with E-state index in [1.165, 1.54) is 18.2 Å². The molecule has 0 spiro atoms. The van der Waals surface area contributed by atoms with Gasteiger partial charge in [0.05, 0.1) is 13.7 Å². The first-order valence-corrected chi connectivity index (χ1v) is 8.55. The summed E-state index contributed by atoms with van der Waals surface area (Å²) in [5, 5.41) is 0. The van der Waals surface area contributed by atoms with E-state index < -0.39 is 11.8 Å². The first-order chi connectivity index (χ1) is 13.0. The van der Waals surface area contributed by atoms with Crippen LogP contribution in [0.15, 0.2) is 53.2 Å². The lowest BCUT2D eigenvalue weighted by atomic mass is 10.1. The zero-order valence-electron chi connectivity index (χ0n) is 15.4. The van der Waals surface area contributed by atoms with Crippen LogP contribution in [-0.4, -0.2) is 25.6 Å². The number of hydrogen-bond donors (Lipinski definition) is 0. The fourth-order valence-corrected chi connectivity index (χ4v) is 2.46. The van der Waals surface area contributed by atoms with Crippen LogP contribution in [0, 0.1) is 11.7 Å². The molecule has 0 radical (unpaired) electrons. The van der Waals surface area contributed by atoms with Crippen molar-refractivity contribution in [1.29, 1.82) is 0 Å². The Hall–Kier alpha value is -3.15. The highest BCUT2D eigenvalue weighted by molar-refractivity contribution is 6.12. The quantitative estimate of drug-likeness (QED) is 0.565. The summed E-state index contributed by atoms with van der Waals surface area (Å²) in [6.45, 7) is 4.70. The summed E-state index contributed by atoms with van der Waals surface area (Å²) in [5.41, 5.74) is 1.24. The first kappa shape index (κ1) is 18.6. The third-order valence-electron chi connectivity index (χ3n) is 3.76. The van der Waals surface area contributed by atoms with Gasteiger partial charge in [0.25, 0.3) is 0 Å². The van der Waals surface area contributed by atoms with Gasteiger partial charge < -0.3 is 14.2 Å². The van der Waals surface area contributed by atoms with E-state index >= 15 is 0 Å². The van der Waals surface area contributed by atoms with E-state index in [9.17, 15) is 9.18 Å². The minimum absolute atomic E-state index is 0.0783. The molecular formula is C21H20FNO4. The molecule has 2 aromatic carbocycles. The van der Waals surface area contributed by atoms with Crippen LogP contribution in [0.5, 0.6) is 11.5 Å². The highest BCUT2D eigenvalue weighted by atomic mass is 19.1. The van der Waals surface area contributed by atoms with Gasteiger partial charge in [-0.3, -0.25) is 0 Å². The summed E-state index contributed by atoms with van der Waals surface area (Å²) < 4.78 is 29.6. The summed E-state index contributed by atoms with van der Waals surface area (Å²) >= 11 is 0. The number of benzene rings is 2. The molecule has 0 aliphatic carbocycles. The standard InChI is InChI=1S/C21H20FNO4/c1-13(2)12-26-18-8-7-14(10-19(18)25-3)9-17-21(24)27-20(23-17)15-5-4-6-16(22)11-15/h4-11,13H,12H2,1-3H3/b17-9-. The normalized spacial score (nSPS) is 15.1. The number of carbonyl (C=O) groups is 1. The monoisotopic (exact) mass is 369 g/mol. The molecule has 5 nitrogen and oxygen atoms in total. The molecule has 6 heteroatoms. The minimum Gasteiger partial charge on any atom is -0.493 e. The molecule has 0 fully saturated rings. The van der Waals surface area contributed by atoms with Gasteiger partial charge in [0.1, 0.15) is 5.82 Å². The van der Waals surface area contributed by atoms with Gasteiger partial charge in [0, 0.05) is 5.56 Å².